The van der Waals surface area contributed by atoms with Gasteiger partial charge in [-0.05, 0) is 46.1 Å². The van der Waals surface area contributed by atoms with Crippen molar-refractivity contribution < 1.29 is 28.7 Å². The van der Waals surface area contributed by atoms with E-state index < -0.39 is 11.9 Å². The van der Waals surface area contributed by atoms with Gasteiger partial charge in [0.2, 0.25) is 5.91 Å². The Hall–Kier alpha value is -2.84. The number of likely N-dealkylation sites (N-methyl/N-ethyl adjacent to an activating group) is 1. The minimum Gasteiger partial charge on any atom is -0.466 e. The van der Waals surface area contributed by atoms with Crippen LogP contribution in [0.2, 0.25) is 0 Å². The lowest BCUT2D eigenvalue weighted by Gasteiger charge is -2.32. The van der Waals surface area contributed by atoms with Crippen LogP contribution < -0.4 is 0 Å². The standard InChI is InChI=1S/C21H31N3O6/c1-6-29-20(27)15-9-8-10-24(11-15)16(25)12-23(5)19(26)18-13(3)17(14(4)22-18)21(28)30-7-2/h15,22H,6-12H2,1-5H3. The first kappa shape index (κ1) is 23.4. The summed E-state index contributed by atoms with van der Waals surface area (Å²) in [5, 5.41) is 0. The van der Waals surface area contributed by atoms with Crippen LogP contribution in [0.25, 0.3) is 0 Å². The maximum absolute atomic E-state index is 12.9. The van der Waals surface area contributed by atoms with Crippen LogP contribution >= 0.6 is 0 Å². The van der Waals surface area contributed by atoms with Gasteiger partial charge in [-0.2, -0.15) is 0 Å². The molecule has 9 nitrogen and oxygen atoms in total. The Labute approximate surface area is 176 Å². The van der Waals surface area contributed by atoms with Crippen LogP contribution in [0, 0.1) is 19.8 Å². The third kappa shape index (κ3) is 5.20. The number of rotatable bonds is 7. The second-order valence-electron chi connectivity index (χ2n) is 7.44. The third-order valence-corrected chi connectivity index (χ3v) is 5.24. The number of aromatic nitrogens is 1. The molecule has 1 aliphatic rings. The summed E-state index contributed by atoms with van der Waals surface area (Å²) in [6.45, 7) is 8.11. The highest BCUT2D eigenvalue weighted by molar-refractivity contribution is 6.01. The number of hydrogen-bond acceptors (Lipinski definition) is 6. The van der Waals surface area contributed by atoms with Crippen LogP contribution in [-0.2, 0) is 19.1 Å². The molecule has 1 saturated heterocycles. The zero-order valence-electron chi connectivity index (χ0n) is 18.4. The van der Waals surface area contributed by atoms with Crippen LogP contribution in [0.3, 0.4) is 0 Å². The molecule has 0 aliphatic carbocycles. The maximum Gasteiger partial charge on any atom is 0.340 e. The van der Waals surface area contributed by atoms with E-state index in [2.05, 4.69) is 4.98 Å². The minimum absolute atomic E-state index is 0.124. The van der Waals surface area contributed by atoms with Gasteiger partial charge in [-0.25, -0.2) is 4.79 Å². The number of carbonyl (C=O) groups excluding carboxylic acids is 4. The highest BCUT2D eigenvalue weighted by Gasteiger charge is 2.31. The van der Waals surface area contributed by atoms with Gasteiger partial charge in [0.1, 0.15) is 5.69 Å². The fourth-order valence-corrected chi connectivity index (χ4v) is 3.70. The number of amides is 2. The molecule has 1 aliphatic heterocycles. The SMILES string of the molecule is CCOC(=O)c1c(C)[nH]c(C(=O)N(C)CC(=O)N2CCCC(C(=O)OCC)C2)c1C. The number of piperidine rings is 1. The molecule has 0 aromatic carbocycles. The van der Waals surface area contributed by atoms with Crippen molar-refractivity contribution in [1.29, 1.82) is 0 Å². The molecule has 2 heterocycles. The first-order valence-corrected chi connectivity index (χ1v) is 10.3. The Morgan fingerprint density at radius 1 is 1.13 bits per heavy atom. The van der Waals surface area contributed by atoms with Gasteiger partial charge in [-0.15, -0.1) is 0 Å². The average molecular weight is 421 g/mol. The van der Waals surface area contributed by atoms with Gasteiger partial charge in [0.15, 0.2) is 0 Å². The molecular weight excluding hydrogens is 390 g/mol. The monoisotopic (exact) mass is 421 g/mol. The van der Waals surface area contributed by atoms with E-state index in [4.69, 9.17) is 9.47 Å². The van der Waals surface area contributed by atoms with E-state index in [1.54, 1.807) is 32.6 Å². The lowest BCUT2D eigenvalue weighted by molar-refractivity contribution is -0.151. The topological polar surface area (TPSA) is 109 Å². The zero-order valence-corrected chi connectivity index (χ0v) is 18.4. The summed E-state index contributed by atoms with van der Waals surface area (Å²) in [5.41, 5.74) is 1.64. The molecule has 0 saturated carbocycles. The zero-order chi connectivity index (χ0) is 22.4. The molecule has 2 amide bonds. The Morgan fingerprint density at radius 3 is 2.43 bits per heavy atom. The van der Waals surface area contributed by atoms with E-state index in [1.807, 2.05) is 0 Å². The fraction of sp³-hybridized carbons (Fsp3) is 0.619. The molecule has 1 fully saturated rings. The number of nitrogens with zero attached hydrogens (tertiary/aromatic N) is 2. The summed E-state index contributed by atoms with van der Waals surface area (Å²) >= 11 is 0. The molecule has 1 aromatic heterocycles. The molecule has 2 rings (SSSR count). The van der Waals surface area contributed by atoms with Crippen LogP contribution in [0.15, 0.2) is 0 Å². The molecule has 1 atom stereocenters. The van der Waals surface area contributed by atoms with Crippen molar-refractivity contribution in [3.63, 3.8) is 0 Å². The van der Waals surface area contributed by atoms with Crippen LogP contribution in [0.1, 0.15) is 58.8 Å². The average Bonchev–Trinajstić information content (AvgIpc) is 3.01. The summed E-state index contributed by atoms with van der Waals surface area (Å²) in [6.07, 6.45) is 1.40. The second-order valence-corrected chi connectivity index (χ2v) is 7.44. The normalized spacial score (nSPS) is 16.2. The molecule has 9 heteroatoms. The molecule has 30 heavy (non-hydrogen) atoms. The molecular formula is C21H31N3O6. The van der Waals surface area contributed by atoms with Crippen molar-refractivity contribution in [2.75, 3.05) is 39.9 Å². The smallest absolute Gasteiger partial charge is 0.340 e. The summed E-state index contributed by atoms with van der Waals surface area (Å²) in [4.78, 5) is 55.6. The Morgan fingerprint density at radius 2 is 1.80 bits per heavy atom. The Kier molecular flexibility index (Phi) is 8.02. The number of carbonyl (C=O) groups is 4. The molecule has 1 aromatic rings. The quantitative estimate of drug-likeness (QED) is 0.671. The van der Waals surface area contributed by atoms with Gasteiger partial charge < -0.3 is 24.3 Å². The molecule has 0 spiro atoms. The third-order valence-electron chi connectivity index (χ3n) is 5.24. The number of nitrogens with one attached hydrogen (secondary N) is 1. The lowest BCUT2D eigenvalue weighted by atomic mass is 9.98. The number of aromatic amines is 1. The lowest BCUT2D eigenvalue weighted by Crippen LogP contribution is -2.47. The van der Waals surface area contributed by atoms with E-state index in [1.165, 1.54) is 11.9 Å². The molecule has 1 unspecified atom stereocenters. The second kappa shape index (κ2) is 10.3. The Balaban J connectivity index is 2.05. The minimum atomic E-state index is -0.486. The molecule has 0 radical (unpaired) electrons. The number of H-pyrrole nitrogens is 1. The van der Waals surface area contributed by atoms with Gasteiger partial charge in [0.05, 0.1) is 31.2 Å². The number of hydrogen-bond donors (Lipinski definition) is 1. The van der Waals surface area contributed by atoms with Crippen molar-refractivity contribution in [2.45, 2.75) is 40.5 Å². The first-order valence-electron chi connectivity index (χ1n) is 10.3. The highest BCUT2D eigenvalue weighted by atomic mass is 16.5. The summed E-state index contributed by atoms with van der Waals surface area (Å²) in [7, 11) is 1.53. The van der Waals surface area contributed by atoms with Gasteiger partial charge in [-0.3, -0.25) is 14.4 Å². The first-order chi connectivity index (χ1) is 14.2. The predicted molar refractivity (Wildman–Crippen MR) is 109 cm³/mol. The van der Waals surface area contributed by atoms with Crippen molar-refractivity contribution in [3.05, 3.63) is 22.5 Å². The van der Waals surface area contributed by atoms with Gasteiger partial charge in [0.25, 0.3) is 5.91 Å². The highest BCUT2D eigenvalue weighted by Crippen LogP contribution is 2.21. The van der Waals surface area contributed by atoms with E-state index in [0.717, 1.165) is 0 Å². The fourth-order valence-electron chi connectivity index (χ4n) is 3.70. The number of aryl methyl sites for hydroxylation is 1. The van der Waals surface area contributed by atoms with E-state index >= 15 is 0 Å². The van der Waals surface area contributed by atoms with Crippen LogP contribution in [0.4, 0.5) is 0 Å². The number of esters is 2. The summed E-state index contributed by atoms with van der Waals surface area (Å²) in [5.74, 6) is -1.72. The van der Waals surface area contributed by atoms with Crippen molar-refractivity contribution in [2.24, 2.45) is 5.92 Å². The molecule has 166 valence electrons. The maximum atomic E-state index is 12.9. The largest absolute Gasteiger partial charge is 0.466 e. The van der Waals surface area contributed by atoms with E-state index in [-0.39, 0.29) is 36.6 Å². The predicted octanol–water partition coefficient (Wildman–Crippen LogP) is 1.68. The summed E-state index contributed by atoms with van der Waals surface area (Å²) < 4.78 is 10.1. The van der Waals surface area contributed by atoms with Crippen molar-refractivity contribution >= 4 is 23.8 Å². The van der Waals surface area contributed by atoms with Crippen molar-refractivity contribution in [3.8, 4) is 0 Å². The molecule has 1 N–H and O–H groups in total. The summed E-state index contributed by atoms with van der Waals surface area (Å²) in [6, 6.07) is 0. The van der Waals surface area contributed by atoms with E-state index in [9.17, 15) is 19.2 Å². The van der Waals surface area contributed by atoms with Gasteiger partial charge in [0, 0.05) is 25.8 Å². The van der Waals surface area contributed by atoms with Gasteiger partial charge >= 0.3 is 11.9 Å². The number of ether oxygens (including phenoxy) is 2. The van der Waals surface area contributed by atoms with Gasteiger partial charge in [-0.1, -0.05) is 0 Å². The number of likely N-dealkylation sites (tertiary alicyclic amines) is 1. The van der Waals surface area contributed by atoms with Crippen molar-refractivity contribution in [1.82, 2.24) is 14.8 Å². The van der Waals surface area contributed by atoms with Crippen LogP contribution in [0.5, 0.6) is 0 Å². The molecule has 0 bridgehead atoms. The Bertz CT molecular complexity index is 816. The van der Waals surface area contributed by atoms with E-state index in [0.29, 0.717) is 49.4 Å². The van der Waals surface area contributed by atoms with Crippen LogP contribution in [-0.4, -0.2) is 78.4 Å².